The Kier molecular flexibility index (Phi) is 5.16. The summed E-state index contributed by atoms with van der Waals surface area (Å²) in [6.45, 7) is 5.25. The van der Waals surface area contributed by atoms with Crippen molar-refractivity contribution in [3.05, 3.63) is 16.1 Å². The second kappa shape index (κ2) is 6.68. The van der Waals surface area contributed by atoms with Gasteiger partial charge in [0.15, 0.2) is 0 Å². The van der Waals surface area contributed by atoms with Gasteiger partial charge in [0.05, 0.1) is 11.2 Å². The lowest BCUT2D eigenvalue weighted by Gasteiger charge is -2.23. The smallest absolute Gasteiger partial charge is 0.263 e. The summed E-state index contributed by atoms with van der Waals surface area (Å²) in [5.41, 5.74) is 0. The summed E-state index contributed by atoms with van der Waals surface area (Å²) in [5.74, 6) is 1.22. The van der Waals surface area contributed by atoms with Gasteiger partial charge in [0, 0.05) is 18.5 Å². The second-order valence-electron chi connectivity index (χ2n) is 6.40. The number of aromatic nitrogens is 1. The molecule has 4 nitrogen and oxygen atoms in total. The number of carbonyl (C=O) groups excluding carboxylic acids is 1. The molecule has 0 aliphatic heterocycles. The van der Waals surface area contributed by atoms with Gasteiger partial charge in [-0.2, -0.15) is 0 Å². The molecule has 112 valence electrons. The number of rotatable bonds is 7. The maximum atomic E-state index is 12.3. The van der Waals surface area contributed by atoms with E-state index in [4.69, 9.17) is 0 Å². The molecule has 5 heteroatoms. The van der Waals surface area contributed by atoms with E-state index >= 15 is 0 Å². The predicted octanol–water partition coefficient (Wildman–Crippen LogP) is 2.73. The van der Waals surface area contributed by atoms with Crippen LogP contribution in [0.5, 0.6) is 0 Å². The van der Waals surface area contributed by atoms with Crippen molar-refractivity contribution in [1.29, 1.82) is 0 Å². The van der Waals surface area contributed by atoms with E-state index in [2.05, 4.69) is 29.0 Å². The molecule has 1 aromatic rings. The highest BCUT2D eigenvalue weighted by molar-refractivity contribution is 7.13. The summed E-state index contributed by atoms with van der Waals surface area (Å²) in [6, 6.07) is 0.198. The molecular weight excluding hydrogens is 270 g/mol. The van der Waals surface area contributed by atoms with E-state index < -0.39 is 0 Å². The van der Waals surface area contributed by atoms with Crippen molar-refractivity contribution in [2.24, 2.45) is 5.92 Å². The molecule has 0 radical (unpaired) electrons. The van der Waals surface area contributed by atoms with E-state index in [-0.39, 0.29) is 11.9 Å². The number of hydrogen-bond donors (Lipinski definition) is 1. The Balaban J connectivity index is 1.94. The Hall–Kier alpha value is -0.940. The molecule has 1 aliphatic rings. The van der Waals surface area contributed by atoms with E-state index in [1.54, 1.807) is 17.5 Å². The first-order chi connectivity index (χ1) is 9.45. The van der Waals surface area contributed by atoms with Crippen molar-refractivity contribution in [2.75, 3.05) is 20.6 Å². The second-order valence-corrected chi connectivity index (χ2v) is 7.46. The molecule has 0 saturated heterocycles. The lowest BCUT2D eigenvalue weighted by molar-refractivity contribution is 0.0928. The van der Waals surface area contributed by atoms with Crippen molar-refractivity contribution in [3.8, 4) is 0 Å². The van der Waals surface area contributed by atoms with Gasteiger partial charge < -0.3 is 10.2 Å². The molecular formula is C15H25N3OS. The standard InChI is InChI=1S/C15H25N3OS/c1-10(2)7-12(9-18(3)4)17-14(19)13-8-16-15(20-13)11-5-6-11/h8,10-12H,5-7,9H2,1-4H3,(H,17,19). The zero-order valence-corrected chi connectivity index (χ0v) is 13.7. The van der Waals surface area contributed by atoms with E-state index in [0.717, 1.165) is 22.9 Å². The third-order valence-electron chi connectivity index (χ3n) is 3.35. The van der Waals surface area contributed by atoms with E-state index in [1.165, 1.54) is 12.8 Å². The van der Waals surface area contributed by atoms with E-state index in [9.17, 15) is 4.79 Å². The van der Waals surface area contributed by atoms with Gasteiger partial charge in [0.25, 0.3) is 5.91 Å². The van der Waals surface area contributed by atoms with Crippen LogP contribution in [0, 0.1) is 5.92 Å². The van der Waals surface area contributed by atoms with Gasteiger partial charge in [0.1, 0.15) is 4.88 Å². The van der Waals surface area contributed by atoms with Gasteiger partial charge in [-0.25, -0.2) is 4.98 Å². The molecule has 1 amide bonds. The third kappa shape index (κ3) is 4.56. The molecule has 1 atom stereocenters. The summed E-state index contributed by atoms with van der Waals surface area (Å²) in [5, 5.41) is 4.29. The lowest BCUT2D eigenvalue weighted by atomic mass is 10.0. The highest BCUT2D eigenvalue weighted by Gasteiger charge is 2.28. The van der Waals surface area contributed by atoms with Crippen LogP contribution in [-0.2, 0) is 0 Å². The number of carbonyl (C=O) groups is 1. The summed E-state index contributed by atoms with van der Waals surface area (Å²) in [4.78, 5) is 19.6. The summed E-state index contributed by atoms with van der Waals surface area (Å²) in [7, 11) is 4.08. The topological polar surface area (TPSA) is 45.2 Å². The molecule has 1 N–H and O–H groups in total. The Labute approximate surface area is 125 Å². The van der Waals surface area contributed by atoms with Crippen LogP contribution in [0.1, 0.15) is 53.7 Å². The average Bonchev–Trinajstić information content (AvgIpc) is 3.05. The van der Waals surface area contributed by atoms with Gasteiger partial charge >= 0.3 is 0 Å². The van der Waals surface area contributed by atoms with Crippen molar-refractivity contribution >= 4 is 17.2 Å². The SMILES string of the molecule is CC(C)CC(CN(C)C)NC(=O)c1cnc(C2CC2)s1. The number of likely N-dealkylation sites (N-methyl/N-ethyl adjacent to an activating group) is 1. The molecule has 1 fully saturated rings. The molecule has 0 aromatic carbocycles. The monoisotopic (exact) mass is 295 g/mol. The minimum absolute atomic E-state index is 0.0295. The molecule has 1 heterocycles. The summed E-state index contributed by atoms with van der Waals surface area (Å²) >= 11 is 1.55. The van der Waals surface area contributed by atoms with Crippen LogP contribution in [-0.4, -0.2) is 42.5 Å². The Morgan fingerprint density at radius 1 is 1.50 bits per heavy atom. The lowest BCUT2D eigenvalue weighted by Crippen LogP contribution is -2.42. The number of nitrogens with one attached hydrogen (secondary N) is 1. The van der Waals surface area contributed by atoms with Gasteiger partial charge in [-0.1, -0.05) is 13.8 Å². The zero-order valence-electron chi connectivity index (χ0n) is 12.8. The van der Waals surface area contributed by atoms with E-state index in [0.29, 0.717) is 11.8 Å². The van der Waals surface area contributed by atoms with Crippen LogP contribution < -0.4 is 5.32 Å². The molecule has 0 spiro atoms. The number of thiazole rings is 1. The fraction of sp³-hybridized carbons (Fsp3) is 0.733. The van der Waals surface area contributed by atoms with Crippen molar-refractivity contribution in [3.63, 3.8) is 0 Å². The zero-order chi connectivity index (χ0) is 14.7. The molecule has 1 aliphatic carbocycles. The molecule has 2 rings (SSSR count). The summed E-state index contributed by atoms with van der Waals surface area (Å²) in [6.07, 6.45) is 5.18. The Bertz CT molecular complexity index is 442. The minimum Gasteiger partial charge on any atom is -0.347 e. The maximum Gasteiger partial charge on any atom is 0.263 e. The highest BCUT2D eigenvalue weighted by Crippen LogP contribution is 2.41. The molecule has 1 aromatic heterocycles. The molecule has 1 saturated carbocycles. The van der Waals surface area contributed by atoms with Crippen LogP contribution >= 0.6 is 11.3 Å². The van der Waals surface area contributed by atoms with Crippen molar-refractivity contribution in [1.82, 2.24) is 15.2 Å². The minimum atomic E-state index is 0.0295. The fourth-order valence-electron chi connectivity index (χ4n) is 2.36. The predicted molar refractivity (Wildman–Crippen MR) is 83.4 cm³/mol. The number of hydrogen-bond acceptors (Lipinski definition) is 4. The van der Waals surface area contributed by atoms with Crippen LogP contribution in [0.15, 0.2) is 6.20 Å². The Morgan fingerprint density at radius 2 is 2.20 bits per heavy atom. The molecule has 20 heavy (non-hydrogen) atoms. The van der Waals surface area contributed by atoms with Crippen LogP contribution in [0.4, 0.5) is 0 Å². The van der Waals surface area contributed by atoms with Gasteiger partial charge in [0.2, 0.25) is 0 Å². The average molecular weight is 295 g/mol. The van der Waals surface area contributed by atoms with Gasteiger partial charge in [-0.3, -0.25) is 4.79 Å². The van der Waals surface area contributed by atoms with Crippen LogP contribution in [0.3, 0.4) is 0 Å². The maximum absolute atomic E-state index is 12.3. The fourth-order valence-corrected chi connectivity index (χ4v) is 3.35. The first kappa shape index (κ1) is 15.4. The third-order valence-corrected chi connectivity index (χ3v) is 4.51. The van der Waals surface area contributed by atoms with Crippen LogP contribution in [0.2, 0.25) is 0 Å². The van der Waals surface area contributed by atoms with E-state index in [1.807, 2.05) is 14.1 Å². The number of nitrogens with zero attached hydrogens (tertiary/aromatic N) is 2. The first-order valence-electron chi connectivity index (χ1n) is 7.37. The van der Waals surface area contributed by atoms with Crippen LogP contribution in [0.25, 0.3) is 0 Å². The largest absolute Gasteiger partial charge is 0.347 e. The molecule has 0 bridgehead atoms. The van der Waals surface area contributed by atoms with Gasteiger partial charge in [-0.15, -0.1) is 11.3 Å². The highest BCUT2D eigenvalue weighted by atomic mass is 32.1. The van der Waals surface area contributed by atoms with Gasteiger partial charge in [-0.05, 0) is 39.3 Å². The number of amides is 1. The first-order valence-corrected chi connectivity index (χ1v) is 8.18. The molecule has 1 unspecified atom stereocenters. The normalized spacial score (nSPS) is 16.7. The summed E-state index contributed by atoms with van der Waals surface area (Å²) < 4.78 is 0. The van der Waals surface area contributed by atoms with Crippen molar-refractivity contribution in [2.45, 2.75) is 45.1 Å². The quantitative estimate of drug-likeness (QED) is 0.841. The van der Waals surface area contributed by atoms with Crippen molar-refractivity contribution < 1.29 is 4.79 Å². The Morgan fingerprint density at radius 3 is 2.75 bits per heavy atom.